The van der Waals surface area contributed by atoms with Gasteiger partial charge in [-0.3, -0.25) is 4.79 Å². The van der Waals surface area contributed by atoms with Gasteiger partial charge in [0.15, 0.2) is 6.04 Å². The molecular weight excluding hydrogens is 289 g/mol. The summed E-state index contributed by atoms with van der Waals surface area (Å²) in [5, 5.41) is 17.3. The lowest BCUT2D eigenvalue weighted by Gasteiger charge is -2.19. The van der Waals surface area contributed by atoms with E-state index in [1.165, 1.54) is 6.07 Å². The highest BCUT2D eigenvalue weighted by molar-refractivity contribution is 6.01. The molecule has 0 radical (unpaired) electrons. The molecule has 6 heteroatoms. The lowest BCUT2D eigenvalue weighted by molar-refractivity contribution is -0.150. The van der Waals surface area contributed by atoms with Crippen molar-refractivity contribution in [1.82, 2.24) is 5.12 Å². The number of amides is 1. The Morgan fingerprint density at radius 3 is 2.23 bits per heavy atom. The van der Waals surface area contributed by atoms with Gasteiger partial charge in [0.2, 0.25) is 0 Å². The minimum absolute atomic E-state index is 0.0240. The van der Waals surface area contributed by atoms with Crippen LogP contribution in [-0.2, 0) is 4.79 Å². The van der Waals surface area contributed by atoms with Crippen molar-refractivity contribution in [2.75, 3.05) is 6.61 Å². The number of carboxylic acids is 1. The van der Waals surface area contributed by atoms with Gasteiger partial charge in [-0.25, -0.2) is 4.79 Å². The van der Waals surface area contributed by atoms with Crippen LogP contribution in [0.4, 0.5) is 4.48 Å². The maximum atomic E-state index is 14.0. The molecule has 0 bridgehead atoms. The zero-order valence-corrected chi connectivity index (χ0v) is 11.5. The molecule has 0 aromatic heterocycles. The van der Waals surface area contributed by atoms with E-state index in [4.69, 9.17) is 10.2 Å². The molecule has 0 aliphatic heterocycles. The second-order valence-electron chi connectivity index (χ2n) is 4.56. The number of carbonyl (C=O) groups excluding carboxylic acids is 1. The molecule has 2 aromatic carbocycles. The number of carbonyl (C=O) groups is 2. The molecule has 1 atom stereocenters. The highest BCUT2D eigenvalue weighted by atomic mass is 19.2. The van der Waals surface area contributed by atoms with Crippen molar-refractivity contribution in [2.45, 2.75) is 6.04 Å². The monoisotopic (exact) mass is 303 g/mol. The third-order valence-corrected chi connectivity index (χ3v) is 3.17. The summed E-state index contributed by atoms with van der Waals surface area (Å²) in [6.07, 6.45) is 0. The molecule has 2 rings (SSSR count). The van der Waals surface area contributed by atoms with Crippen molar-refractivity contribution in [3.8, 4) is 11.1 Å². The van der Waals surface area contributed by atoms with Crippen molar-refractivity contribution in [1.29, 1.82) is 0 Å². The smallest absolute Gasteiger partial charge is 0.331 e. The standard InChI is InChI=1S/C16H14FNO4/c17-18(14(10-19)16(21)22)15(20)13-9-5-4-8-12(13)11-6-2-1-3-7-11/h1-9,14,19H,10H2,(H,21,22). The van der Waals surface area contributed by atoms with Crippen molar-refractivity contribution >= 4 is 11.9 Å². The lowest BCUT2D eigenvalue weighted by atomic mass is 9.99. The topological polar surface area (TPSA) is 77.8 Å². The number of hydrogen-bond donors (Lipinski definition) is 2. The molecule has 5 nitrogen and oxygen atoms in total. The van der Waals surface area contributed by atoms with E-state index in [9.17, 15) is 14.1 Å². The van der Waals surface area contributed by atoms with E-state index in [0.717, 1.165) is 0 Å². The Balaban J connectivity index is 2.41. The van der Waals surface area contributed by atoms with E-state index in [1.807, 2.05) is 6.07 Å². The van der Waals surface area contributed by atoms with Crippen LogP contribution in [0.2, 0.25) is 0 Å². The first-order valence-electron chi connectivity index (χ1n) is 6.53. The van der Waals surface area contributed by atoms with Crippen molar-refractivity contribution in [3.05, 3.63) is 60.2 Å². The van der Waals surface area contributed by atoms with Crippen LogP contribution in [0, 0.1) is 0 Å². The third-order valence-electron chi connectivity index (χ3n) is 3.17. The van der Waals surface area contributed by atoms with E-state index in [1.54, 1.807) is 42.5 Å². The van der Waals surface area contributed by atoms with Gasteiger partial charge in [-0.1, -0.05) is 53.0 Å². The quantitative estimate of drug-likeness (QED) is 0.829. The second kappa shape index (κ2) is 6.82. The molecule has 0 aliphatic rings. The van der Waals surface area contributed by atoms with Gasteiger partial charge < -0.3 is 10.2 Å². The molecule has 2 aromatic rings. The molecule has 0 spiro atoms. The number of aliphatic carboxylic acids is 1. The van der Waals surface area contributed by atoms with Crippen LogP contribution in [0.25, 0.3) is 11.1 Å². The third kappa shape index (κ3) is 3.12. The summed E-state index contributed by atoms with van der Waals surface area (Å²) in [5.41, 5.74) is 1.21. The summed E-state index contributed by atoms with van der Waals surface area (Å²) in [7, 11) is 0. The van der Waals surface area contributed by atoms with Crippen molar-refractivity contribution < 1.29 is 24.3 Å². The van der Waals surface area contributed by atoms with Gasteiger partial charge in [0.1, 0.15) is 0 Å². The molecule has 0 aliphatic carbocycles. The van der Waals surface area contributed by atoms with Crippen LogP contribution < -0.4 is 0 Å². The van der Waals surface area contributed by atoms with Gasteiger partial charge in [0, 0.05) is 5.56 Å². The number of hydrogen-bond acceptors (Lipinski definition) is 3. The highest BCUT2D eigenvalue weighted by Gasteiger charge is 2.31. The zero-order chi connectivity index (χ0) is 16.1. The Labute approximate surface area is 126 Å². The van der Waals surface area contributed by atoms with E-state index < -0.39 is 29.6 Å². The van der Waals surface area contributed by atoms with Crippen LogP contribution in [0.5, 0.6) is 0 Å². The molecule has 22 heavy (non-hydrogen) atoms. The van der Waals surface area contributed by atoms with Crippen LogP contribution in [0.1, 0.15) is 10.4 Å². The van der Waals surface area contributed by atoms with Crippen LogP contribution in [-0.4, -0.2) is 39.9 Å². The summed E-state index contributed by atoms with van der Waals surface area (Å²) in [5.74, 6) is -2.73. The summed E-state index contributed by atoms with van der Waals surface area (Å²) in [6.45, 7) is -1.01. The van der Waals surface area contributed by atoms with Crippen LogP contribution in [0.3, 0.4) is 0 Å². The number of carboxylic acid groups (broad SMARTS) is 1. The molecule has 1 unspecified atom stereocenters. The second-order valence-corrected chi connectivity index (χ2v) is 4.56. The first kappa shape index (κ1) is 15.7. The lowest BCUT2D eigenvalue weighted by Crippen LogP contribution is -2.42. The first-order valence-corrected chi connectivity index (χ1v) is 6.53. The normalized spacial score (nSPS) is 11.7. The molecule has 1 amide bonds. The van der Waals surface area contributed by atoms with Gasteiger partial charge in [0.25, 0.3) is 5.91 Å². The van der Waals surface area contributed by atoms with Gasteiger partial charge in [-0.2, -0.15) is 5.12 Å². The number of aliphatic hydroxyl groups is 1. The number of aliphatic hydroxyl groups excluding tert-OH is 1. The Morgan fingerprint density at radius 1 is 1.05 bits per heavy atom. The van der Waals surface area contributed by atoms with Crippen molar-refractivity contribution in [2.24, 2.45) is 0 Å². The zero-order valence-electron chi connectivity index (χ0n) is 11.5. The van der Waals surface area contributed by atoms with Gasteiger partial charge in [-0.15, -0.1) is 0 Å². The Hall–Kier alpha value is -2.73. The molecule has 114 valence electrons. The van der Waals surface area contributed by atoms with E-state index >= 15 is 0 Å². The predicted molar refractivity (Wildman–Crippen MR) is 77.7 cm³/mol. The number of halogens is 1. The predicted octanol–water partition coefficient (Wildman–Crippen LogP) is 2.13. The molecule has 2 N–H and O–H groups in total. The van der Waals surface area contributed by atoms with Crippen LogP contribution in [0.15, 0.2) is 54.6 Å². The summed E-state index contributed by atoms with van der Waals surface area (Å²) < 4.78 is 14.0. The average molecular weight is 303 g/mol. The summed E-state index contributed by atoms with van der Waals surface area (Å²) in [6, 6.07) is 13.3. The van der Waals surface area contributed by atoms with Crippen molar-refractivity contribution in [3.63, 3.8) is 0 Å². The maximum Gasteiger partial charge on any atom is 0.331 e. The maximum absolute atomic E-state index is 14.0. The minimum Gasteiger partial charge on any atom is -0.480 e. The number of benzene rings is 2. The van der Waals surface area contributed by atoms with Gasteiger partial charge in [-0.05, 0) is 17.2 Å². The molecule has 0 fully saturated rings. The Bertz CT molecular complexity index is 675. The molecule has 0 heterocycles. The summed E-state index contributed by atoms with van der Waals surface area (Å²) >= 11 is 0. The first-order chi connectivity index (χ1) is 10.6. The number of rotatable bonds is 5. The van der Waals surface area contributed by atoms with Crippen LogP contribution >= 0.6 is 0 Å². The largest absolute Gasteiger partial charge is 0.480 e. The van der Waals surface area contributed by atoms with Gasteiger partial charge in [0.05, 0.1) is 6.61 Å². The molecule has 0 saturated heterocycles. The van der Waals surface area contributed by atoms with E-state index in [2.05, 4.69) is 0 Å². The number of nitrogens with zero attached hydrogens (tertiary/aromatic N) is 1. The molecule has 0 saturated carbocycles. The highest BCUT2D eigenvalue weighted by Crippen LogP contribution is 2.25. The molecular formula is C16H14FNO4. The van der Waals surface area contributed by atoms with E-state index in [-0.39, 0.29) is 5.56 Å². The fourth-order valence-electron chi connectivity index (χ4n) is 2.04. The fourth-order valence-corrected chi connectivity index (χ4v) is 2.04. The summed E-state index contributed by atoms with van der Waals surface area (Å²) in [4.78, 5) is 23.1. The fraction of sp³-hybridized carbons (Fsp3) is 0.125. The minimum atomic E-state index is -1.93. The van der Waals surface area contributed by atoms with Gasteiger partial charge >= 0.3 is 5.97 Å². The van der Waals surface area contributed by atoms with E-state index in [0.29, 0.717) is 11.1 Å². The Kier molecular flexibility index (Phi) is 4.85. The average Bonchev–Trinajstić information content (AvgIpc) is 2.55. The SMILES string of the molecule is O=C(O)C(CO)N(F)C(=O)c1ccccc1-c1ccccc1. The Morgan fingerprint density at radius 2 is 1.64 bits per heavy atom.